The van der Waals surface area contributed by atoms with Gasteiger partial charge in [0.2, 0.25) is 0 Å². The van der Waals surface area contributed by atoms with Crippen molar-refractivity contribution in [2.75, 3.05) is 19.9 Å². The average Bonchev–Trinajstić information content (AvgIpc) is 3.03. The van der Waals surface area contributed by atoms with E-state index in [0.29, 0.717) is 0 Å². The number of esters is 1. The number of hydrogen-bond donors (Lipinski definition) is 1. The summed E-state index contributed by atoms with van der Waals surface area (Å²) in [5, 5.41) is 9.60. The summed E-state index contributed by atoms with van der Waals surface area (Å²) < 4.78 is 29.9. The van der Waals surface area contributed by atoms with Gasteiger partial charge in [-0.15, -0.1) is 0 Å². The summed E-state index contributed by atoms with van der Waals surface area (Å²) in [5.41, 5.74) is 0. The molecule has 7 nitrogen and oxygen atoms in total. The molecular formula is C21H40O7P2V. The Balaban J connectivity index is 0.00000240. The van der Waals surface area contributed by atoms with Crippen molar-refractivity contribution in [2.45, 2.75) is 83.6 Å². The average molecular weight is 517 g/mol. The van der Waals surface area contributed by atoms with Gasteiger partial charge in [-0.25, -0.2) is 0 Å². The fraction of sp³-hybridized carbons (Fsp3) is 0.905. The number of carbonyl (C=O) groups excluding carboxylic acids is 1. The van der Waals surface area contributed by atoms with E-state index in [2.05, 4.69) is 6.30 Å². The summed E-state index contributed by atoms with van der Waals surface area (Å²) >= 11 is 0. The van der Waals surface area contributed by atoms with E-state index in [9.17, 15) is 9.90 Å². The van der Waals surface area contributed by atoms with E-state index in [1.165, 1.54) is 0 Å². The minimum atomic E-state index is -2.43. The molecule has 31 heavy (non-hydrogen) atoms. The quantitative estimate of drug-likeness (QED) is 0.392. The number of aliphatic hydroxyl groups excluding tert-OH is 1. The molecule has 0 aromatic rings. The van der Waals surface area contributed by atoms with Crippen LogP contribution in [0.3, 0.4) is 0 Å². The maximum atomic E-state index is 12.4. The maximum Gasteiger partial charge on any atom is 0.309 e. The summed E-state index contributed by atoms with van der Waals surface area (Å²) in [6.07, 6.45) is 5.79. The van der Waals surface area contributed by atoms with E-state index >= 15 is 0 Å². The van der Waals surface area contributed by atoms with E-state index in [4.69, 9.17) is 23.3 Å². The minimum Gasteiger partial charge on any atom is -0.459 e. The molecule has 0 bridgehead atoms. The molecule has 2 aliphatic heterocycles. The number of ether oxygens (including phenoxy) is 3. The van der Waals surface area contributed by atoms with Gasteiger partial charge in [0.15, 0.2) is 0 Å². The molecule has 10 heteroatoms. The molecule has 3 fully saturated rings. The van der Waals surface area contributed by atoms with Crippen LogP contribution in [0.4, 0.5) is 0 Å². The fourth-order valence-corrected chi connectivity index (χ4v) is 5.55. The van der Waals surface area contributed by atoms with Gasteiger partial charge in [0.25, 0.3) is 0 Å². The predicted molar refractivity (Wildman–Crippen MR) is 123 cm³/mol. The first-order chi connectivity index (χ1) is 13.6. The molecule has 3 rings (SSSR count). The van der Waals surface area contributed by atoms with Crippen molar-refractivity contribution in [1.29, 1.82) is 0 Å². The molecule has 0 spiro atoms. The van der Waals surface area contributed by atoms with Crippen molar-refractivity contribution < 1.29 is 51.7 Å². The second-order valence-corrected chi connectivity index (χ2v) is 11.6. The largest absolute Gasteiger partial charge is 0.459 e. The van der Waals surface area contributed by atoms with Crippen molar-refractivity contribution >= 4 is 29.5 Å². The van der Waals surface area contributed by atoms with Crippen molar-refractivity contribution in [3.05, 3.63) is 0 Å². The zero-order valence-corrected chi connectivity index (χ0v) is 23.1. The van der Waals surface area contributed by atoms with Gasteiger partial charge in [-0.05, 0) is 26.7 Å². The second-order valence-electron chi connectivity index (χ2n) is 9.07. The summed E-state index contributed by atoms with van der Waals surface area (Å²) in [4.78, 5) is 12.4. The van der Waals surface area contributed by atoms with Crippen LogP contribution >= 0.6 is 17.2 Å². The third-order valence-electron chi connectivity index (χ3n) is 6.76. The first-order valence-corrected chi connectivity index (χ1v) is 13.0. The molecule has 10 unspecified atom stereocenters. The van der Waals surface area contributed by atoms with Crippen LogP contribution in [-0.4, -0.2) is 73.9 Å². The molecule has 2 heterocycles. The van der Waals surface area contributed by atoms with Crippen molar-refractivity contribution in [3.8, 4) is 0 Å². The molecule has 0 aromatic heterocycles. The Morgan fingerprint density at radius 2 is 1.61 bits per heavy atom. The smallest absolute Gasteiger partial charge is 0.309 e. The number of hydrogen-bond acceptors (Lipinski definition) is 7. The minimum absolute atomic E-state index is 0. The Bertz CT molecular complexity index is 633. The van der Waals surface area contributed by atoms with Gasteiger partial charge in [0.1, 0.15) is 25.7 Å². The number of aliphatic hydroxyl groups is 1. The zero-order valence-electron chi connectivity index (χ0n) is 19.4. The monoisotopic (exact) mass is 517 g/mol. The molecule has 1 aliphatic carbocycles. The van der Waals surface area contributed by atoms with E-state index in [0.717, 1.165) is 19.3 Å². The van der Waals surface area contributed by atoms with Crippen LogP contribution in [0.5, 0.6) is 0 Å². The Labute approximate surface area is 202 Å². The van der Waals surface area contributed by atoms with Crippen molar-refractivity contribution in [1.82, 2.24) is 0 Å². The number of carbonyl (C=O) groups is 1. The summed E-state index contributed by atoms with van der Waals surface area (Å²) in [5.74, 6) is 0.160. The van der Waals surface area contributed by atoms with Crippen LogP contribution in [-0.2, 0) is 46.6 Å². The van der Waals surface area contributed by atoms with Gasteiger partial charge in [0, 0.05) is 37.1 Å². The molecular weight excluding hydrogens is 477 g/mol. The SMILES string of the molecule is C=P(C)(OCC1OC(C)C(C)C1OC(=O)C1CCC1)OC1C(CO)OC(C)C1C.P.[V]. The first kappa shape index (κ1) is 29.6. The molecule has 181 valence electrons. The summed E-state index contributed by atoms with van der Waals surface area (Å²) in [6.45, 7) is 10.1. The standard InChI is InChI=1S/C21H37O7P.H3P.V/c1-12-14(3)26-18(19(12)27-21(23)16-8-7-9-16)11-24-29(5,6)28-20-13(2)15(4)25-17(20)10-22;;/h12-20,22H,5,7-11H2,1-4,6H3;1H3;. The van der Waals surface area contributed by atoms with Crippen LogP contribution in [0.25, 0.3) is 0 Å². The van der Waals surface area contributed by atoms with Crippen LogP contribution in [0.15, 0.2) is 0 Å². The molecule has 10 atom stereocenters. The van der Waals surface area contributed by atoms with Crippen LogP contribution in [0, 0.1) is 17.8 Å². The Morgan fingerprint density at radius 1 is 1.06 bits per heavy atom. The van der Waals surface area contributed by atoms with Crippen LogP contribution in [0.1, 0.15) is 47.0 Å². The first-order valence-electron chi connectivity index (χ1n) is 10.8. The third kappa shape index (κ3) is 7.04. The van der Waals surface area contributed by atoms with E-state index in [1.807, 2.05) is 34.4 Å². The predicted octanol–water partition coefficient (Wildman–Crippen LogP) is 2.90. The van der Waals surface area contributed by atoms with Gasteiger partial charge in [0.05, 0.1) is 37.4 Å². The van der Waals surface area contributed by atoms with Crippen molar-refractivity contribution in [3.63, 3.8) is 0 Å². The molecule has 1 radical (unpaired) electrons. The summed E-state index contributed by atoms with van der Waals surface area (Å²) in [6, 6.07) is 0. The van der Waals surface area contributed by atoms with E-state index in [1.54, 1.807) is 0 Å². The Kier molecular flexibility index (Phi) is 11.8. The normalized spacial score (nSPS) is 39.7. The van der Waals surface area contributed by atoms with E-state index < -0.39 is 7.34 Å². The van der Waals surface area contributed by atoms with Gasteiger partial charge >= 0.3 is 5.97 Å². The van der Waals surface area contributed by atoms with E-state index in [-0.39, 0.29) is 102 Å². The zero-order chi connectivity index (χ0) is 21.3. The van der Waals surface area contributed by atoms with Gasteiger partial charge in [-0.3, -0.25) is 4.79 Å². The van der Waals surface area contributed by atoms with Gasteiger partial charge in [-0.2, -0.15) is 9.90 Å². The van der Waals surface area contributed by atoms with Crippen molar-refractivity contribution in [2.24, 2.45) is 17.8 Å². The molecule has 1 saturated carbocycles. The molecule has 2 saturated heterocycles. The van der Waals surface area contributed by atoms with Gasteiger partial charge < -0.3 is 28.4 Å². The molecule has 1 N–H and O–H groups in total. The Morgan fingerprint density at radius 3 is 2.13 bits per heavy atom. The molecule has 0 aromatic carbocycles. The van der Waals surface area contributed by atoms with Gasteiger partial charge in [-0.1, -0.05) is 26.6 Å². The molecule has 0 amide bonds. The fourth-order valence-electron chi connectivity index (χ4n) is 4.19. The molecule has 3 aliphatic rings. The van der Waals surface area contributed by atoms with Crippen LogP contribution < -0.4 is 0 Å². The third-order valence-corrected chi connectivity index (χ3v) is 8.14. The Hall–Kier alpha value is 0.584. The van der Waals surface area contributed by atoms with Crippen LogP contribution in [0.2, 0.25) is 0 Å². The number of rotatable bonds is 8. The summed E-state index contributed by atoms with van der Waals surface area (Å²) in [7, 11) is -2.43. The second kappa shape index (κ2) is 12.3. The topological polar surface area (TPSA) is 83.5 Å². The maximum absolute atomic E-state index is 12.4.